The van der Waals surface area contributed by atoms with Crippen LogP contribution in [0.25, 0.3) is 0 Å². The van der Waals surface area contributed by atoms with Crippen molar-refractivity contribution in [1.82, 2.24) is 5.32 Å². The number of methoxy groups -OCH3 is 1. The van der Waals surface area contributed by atoms with Crippen LogP contribution in [0.15, 0.2) is 42.5 Å². The molecule has 2 aromatic rings. The topological polar surface area (TPSA) is 58.6 Å². The molecule has 0 atom stereocenters. The van der Waals surface area contributed by atoms with Gasteiger partial charge in [0.2, 0.25) is 5.91 Å². The van der Waals surface area contributed by atoms with E-state index >= 15 is 0 Å². The first-order valence-corrected chi connectivity index (χ1v) is 8.19. The lowest BCUT2D eigenvalue weighted by Crippen LogP contribution is -2.37. The van der Waals surface area contributed by atoms with E-state index in [1.165, 1.54) is 6.92 Å². The van der Waals surface area contributed by atoms with Crippen molar-refractivity contribution in [3.63, 3.8) is 0 Å². The smallest absolute Gasteiger partial charge is 0.251 e. The highest BCUT2D eigenvalue weighted by Crippen LogP contribution is 2.18. The van der Waals surface area contributed by atoms with Gasteiger partial charge in [-0.25, -0.2) is 0 Å². The van der Waals surface area contributed by atoms with Gasteiger partial charge in [-0.15, -0.1) is 0 Å². The average molecular weight is 340 g/mol. The second-order valence-electron chi connectivity index (χ2n) is 6.00. The Hall–Kier alpha value is -2.82. The van der Waals surface area contributed by atoms with Gasteiger partial charge in [0.15, 0.2) is 0 Å². The number of hydrogen-bond donors (Lipinski definition) is 1. The van der Waals surface area contributed by atoms with Crippen LogP contribution in [-0.2, 0) is 4.79 Å². The van der Waals surface area contributed by atoms with Crippen LogP contribution in [0.5, 0.6) is 5.75 Å². The molecule has 0 aromatic heterocycles. The van der Waals surface area contributed by atoms with Gasteiger partial charge in [0, 0.05) is 31.3 Å². The summed E-state index contributed by atoms with van der Waals surface area (Å²) in [6, 6.07) is 12.9. The number of nitrogens with zero attached hydrogens (tertiary/aromatic N) is 1. The Kier molecular flexibility index (Phi) is 6.17. The molecule has 0 heterocycles. The van der Waals surface area contributed by atoms with Gasteiger partial charge in [-0.05, 0) is 61.4 Å². The first-order valence-electron chi connectivity index (χ1n) is 8.19. The third-order valence-electron chi connectivity index (χ3n) is 3.87. The summed E-state index contributed by atoms with van der Waals surface area (Å²) in [6.07, 6.45) is 0. The number of aryl methyl sites for hydroxylation is 2. The van der Waals surface area contributed by atoms with E-state index in [4.69, 9.17) is 4.74 Å². The summed E-state index contributed by atoms with van der Waals surface area (Å²) in [5.41, 5.74) is 3.61. The van der Waals surface area contributed by atoms with E-state index in [1.54, 1.807) is 36.3 Å². The highest BCUT2D eigenvalue weighted by Gasteiger charge is 2.13. The van der Waals surface area contributed by atoms with Crippen LogP contribution in [0.4, 0.5) is 5.69 Å². The molecule has 0 bridgehead atoms. The van der Waals surface area contributed by atoms with Gasteiger partial charge in [0.1, 0.15) is 5.75 Å². The summed E-state index contributed by atoms with van der Waals surface area (Å²) in [5, 5.41) is 2.85. The molecule has 0 aliphatic carbocycles. The second-order valence-corrected chi connectivity index (χ2v) is 6.00. The summed E-state index contributed by atoms with van der Waals surface area (Å²) >= 11 is 0. The van der Waals surface area contributed by atoms with E-state index in [0.717, 1.165) is 16.8 Å². The molecule has 0 aliphatic heterocycles. The lowest BCUT2D eigenvalue weighted by Gasteiger charge is -2.22. The van der Waals surface area contributed by atoms with Crippen molar-refractivity contribution in [3.05, 3.63) is 59.2 Å². The summed E-state index contributed by atoms with van der Waals surface area (Å²) in [4.78, 5) is 25.8. The highest BCUT2D eigenvalue weighted by atomic mass is 16.5. The Morgan fingerprint density at radius 3 is 2.16 bits per heavy atom. The zero-order valence-corrected chi connectivity index (χ0v) is 15.1. The minimum atomic E-state index is -0.174. The molecule has 0 radical (unpaired) electrons. The fourth-order valence-corrected chi connectivity index (χ4v) is 2.70. The Labute approximate surface area is 148 Å². The molecule has 2 rings (SSSR count). The quantitative estimate of drug-likeness (QED) is 0.879. The minimum absolute atomic E-state index is 0.0521. The maximum Gasteiger partial charge on any atom is 0.251 e. The molecule has 5 nitrogen and oxygen atoms in total. The zero-order chi connectivity index (χ0) is 18.4. The van der Waals surface area contributed by atoms with Crippen molar-refractivity contribution in [2.24, 2.45) is 0 Å². The van der Waals surface area contributed by atoms with Crippen molar-refractivity contribution >= 4 is 17.5 Å². The molecule has 0 saturated heterocycles. The maximum atomic E-state index is 12.2. The van der Waals surface area contributed by atoms with Gasteiger partial charge in [-0.3, -0.25) is 9.59 Å². The monoisotopic (exact) mass is 340 g/mol. The number of rotatable bonds is 6. The minimum Gasteiger partial charge on any atom is -0.497 e. The standard InChI is InChI=1S/C20H24N2O3/c1-14-11-15(2)13-18(12-14)22(16(3)23)10-9-21-20(24)17-5-7-19(25-4)8-6-17/h5-8,11-13H,9-10H2,1-4H3,(H,21,24). The number of anilines is 1. The average Bonchev–Trinajstić information content (AvgIpc) is 2.57. The predicted molar refractivity (Wildman–Crippen MR) is 99.3 cm³/mol. The molecule has 2 amide bonds. The molecule has 132 valence electrons. The van der Waals surface area contributed by atoms with Crippen molar-refractivity contribution in [3.8, 4) is 5.75 Å². The van der Waals surface area contributed by atoms with Crippen molar-refractivity contribution in [2.75, 3.05) is 25.1 Å². The molecule has 1 N–H and O–H groups in total. The molecule has 0 fully saturated rings. The van der Waals surface area contributed by atoms with Gasteiger partial charge in [-0.1, -0.05) is 6.07 Å². The van der Waals surface area contributed by atoms with Crippen LogP contribution in [0.3, 0.4) is 0 Å². The molecule has 2 aromatic carbocycles. The van der Waals surface area contributed by atoms with Crippen molar-refractivity contribution in [2.45, 2.75) is 20.8 Å². The number of nitrogens with one attached hydrogen (secondary N) is 1. The Morgan fingerprint density at radius 1 is 1.04 bits per heavy atom. The van der Waals surface area contributed by atoms with Crippen LogP contribution in [-0.4, -0.2) is 32.0 Å². The fraction of sp³-hybridized carbons (Fsp3) is 0.300. The van der Waals surface area contributed by atoms with E-state index in [-0.39, 0.29) is 11.8 Å². The van der Waals surface area contributed by atoms with Crippen LogP contribution >= 0.6 is 0 Å². The largest absolute Gasteiger partial charge is 0.497 e. The van der Waals surface area contributed by atoms with Crippen molar-refractivity contribution in [1.29, 1.82) is 0 Å². The molecule has 0 unspecified atom stereocenters. The number of benzene rings is 2. The third-order valence-corrected chi connectivity index (χ3v) is 3.87. The first-order chi connectivity index (χ1) is 11.9. The predicted octanol–water partition coefficient (Wildman–Crippen LogP) is 3.09. The van der Waals surface area contributed by atoms with Crippen LogP contribution in [0, 0.1) is 13.8 Å². The first kappa shape index (κ1) is 18.5. The lowest BCUT2D eigenvalue weighted by atomic mass is 10.1. The van der Waals surface area contributed by atoms with E-state index < -0.39 is 0 Å². The van der Waals surface area contributed by atoms with Gasteiger partial charge < -0.3 is 15.0 Å². The summed E-state index contributed by atoms with van der Waals surface area (Å²) in [7, 11) is 1.58. The molecule has 25 heavy (non-hydrogen) atoms. The number of amides is 2. The van der Waals surface area contributed by atoms with E-state index in [2.05, 4.69) is 11.4 Å². The number of ether oxygens (including phenoxy) is 1. The lowest BCUT2D eigenvalue weighted by molar-refractivity contribution is -0.116. The molecule has 5 heteroatoms. The third kappa shape index (κ3) is 5.08. The molecular formula is C20H24N2O3. The van der Waals surface area contributed by atoms with Gasteiger partial charge in [0.25, 0.3) is 5.91 Å². The SMILES string of the molecule is COc1ccc(C(=O)NCCN(C(C)=O)c2cc(C)cc(C)c2)cc1. The summed E-state index contributed by atoms with van der Waals surface area (Å²) < 4.78 is 5.08. The van der Waals surface area contributed by atoms with E-state index in [9.17, 15) is 9.59 Å². The zero-order valence-electron chi connectivity index (χ0n) is 15.1. The van der Waals surface area contributed by atoms with Crippen molar-refractivity contribution < 1.29 is 14.3 Å². The molecule has 0 saturated carbocycles. The Morgan fingerprint density at radius 2 is 1.64 bits per heavy atom. The normalized spacial score (nSPS) is 10.2. The van der Waals surface area contributed by atoms with Gasteiger partial charge >= 0.3 is 0 Å². The van der Waals surface area contributed by atoms with Gasteiger partial charge in [0.05, 0.1) is 7.11 Å². The van der Waals surface area contributed by atoms with E-state index in [0.29, 0.717) is 24.4 Å². The van der Waals surface area contributed by atoms with Crippen LogP contribution in [0.1, 0.15) is 28.4 Å². The maximum absolute atomic E-state index is 12.2. The summed E-state index contributed by atoms with van der Waals surface area (Å²) in [6.45, 7) is 6.32. The molecule has 0 spiro atoms. The van der Waals surface area contributed by atoms with Crippen LogP contribution in [0.2, 0.25) is 0 Å². The van der Waals surface area contributed by atoms with E-state index in [1.807, 2.05) is 26.0 Å². The Balaban J connectivity index is 1.99. The second kappa shape index (κ2) is 8.33. The fourth-order valence-electron chi connectivity index (χ4n) is 2.70. The number of hydrogen-bond acceptors (Lipinski definition) is 3. The summed E-state index contributed by atoms with van der Waals surface area (Å²) in [5.74, 6) is 0.476. The van der Waals surface area contributed by atoms with Gasteiger partial charge in [-0.2, -0.15) is 0 Å². The molecule has 0 aliphatic rings. The molecular weight excluding hydrogens is 316 g/mol. The number of carbonyl (C=O) groups is 2. The van der Waals surface area contributed by atoms with Crippen LogP contribution < -0.4 is 15.0 Å². The highest BCUT2D eigenvalue weighted by molar-refractivity contribution is 5.95. The number of carbonyl (C=O) groups excluding carboxylic acids is 2. The Bertz CT molecular complexity index is 734.